The van der Waals surface area contributed by atoms with E-state index < -0.39 is 8.32 Å². The van der Waals surface area contributed by atoms with Gasteiger partial charge in [-0.1, -0.05) is 41.5 Å². The van der Waals surface area contributed by atoms with E-state index in [1.807, 2.05) is 0 Å². The second-order valence-electron chi connectivity index (χ2n) is 15.4. The molecule has 4 aliphatic carbocycles. The molecule has 1 N–H and O–H groups in total. The molecule has 10 atom stereocenters. The van der Waals surface area contributed by atoms with Crippen LogP contribution < -0.4 is 0 Å². The Morgan fingerprint density at radius 3 is 2.31 bits per heavy atom. The van der Waals surface area contributed by atoms with Gasteiger partial charge in [0.25, 0.3) is 0 Å². The Balaban J connectivity index is 1.47. The molecule has 0 aromatic carbocycles. The molecule has 0 radical (unpaired) electrons. The molecule has 0 heterocycles. The molecular weight excluding hydrogens is 464 g/mol. The summed E-state index contributed by atoms with van der Waals surface area (Å²) in [5.74, 6) is 3.39. The smallest absolute Gasteiger partial charge is 0.305 e. The molecule has 0 unspecified atom stereocenters. The molecule has 0 spiro atoms. The summed E-state index contributed by atoms with van der Waals surface area (Å²) in [7, 11) is -0.286. The predicted molar refractivity (Wildman–Crippen MR) is 149 cm³/mol. The number of ether oxygens (including phenoxy) is 1. The molecule has 4 rings (SSSR count). The van der Waals surface area contributed by atoms with E-state index in [1.54, 1.807) is 0 Å². The van der Waals surface area contributed by atoms with Crippen molar-refractivity contribution in [1.82, 2.24) is 0 Å². The average Bonchev–Trinajstić information content (AvgIpc) is 3.14. The number of fused-ring (bicyclic) bond motifs is 5. The van der Waals surface area contributed by atoms with Crippen LogP contribution in [0.15, 0.2) is 0 Å². The first-order valence-electron chi connectivity index (χ1n) is 15.1. The lowest BCUT2D eigenvalue weighted by atomic mass is 9.43. The number of aliphatic hydroxyl groups excluding tert-OH is 1. The molecule has 36 heavy (non-hydrogen) atoms. The van der Waals surface area contributed by atoms with E-state index in [-0.39, 0.29) is 17.1 Å². The standard InChI is InChI=1S/C31H56O4Si/c1-20(10-13-27(33)34-7)23-11-12-24-28-25(15-17-31(23,24)6)30(5)16-14-22(18-21(30)19-26(28)32)35-36(8,9)29(2,3)4/h20-26,28,32H,10-19H2,1-9H3/t20-,21+,22+,23+,24-,25-,26+,28-,30-,31+/m0/s1. The third-order valence-electron chi connectivity index (χ3n) is 12.7. The quantitative estimate of drug-likeness (QED) is 0.289. The van der Waals surface area contributed by atoms with E-state index in [2.05, 4.69) is 54.6 Å². The molecule has 5 heteroatoms. The van der Waals surface area contributed by atoms with Crippen molar-refractivity contribution in [1.29, 1.82) is 0 Å². The lowest BCUT2D eigenvalue weighted by Crippen LogP contribution is -2.59. The van der Waals surface area contributed by atoms with E-state index >= 15 is 0 Å². The maximum Gasteiger partial charge on any atom is 0.305 e. The summed E-state index contributed by atoms with van der Waals surface area (Å²) in [5, 5.41) is 11.9. The first kappa shape index (κ1) is 28.6. The van der Waals surface area contributed by atoms with Crippen molar-refractivity contribution >= 4 is 14.3 Å². The van der Waals surface area contributed by atoms with Gasteiger partial charge in [-0.05, 0) is 122 Å². The number of carbonyl (C=O) groups excluding carboxylic acids is 1. The molecular formula is C31H56O4Si. The fraction of sp³-hybridized carbons (Fsp3) is 0.968. The number of hydrogen-bond acceptors (Lipinski definition) is 4. The third-order valence-corrected chi connectivity index (χ3v) is 17.2. The second-order valence-corrected chi connectivity index (χ2v) is 20.1. The minimum atomic E-state index is -1.78. The molecule has 0 aromatic heterocycles. The number of carbonyl (C=O) groups is 1. The van der Waals surface area contributed by atoms with Crippen LogP contribution >= 0.6 is 0 Å². The highest BCUT2D eigenvalue weighted by Crippen LogP contribution is 2.68. The minimum absolute atomic E-state index is 0.0833. The Morgan fingerprint density at radius 1 is 1.03 bits per heavy atom. The summed E-state index contributed by atoms with van der Waals surface area (Å²) in [6, 6.07) is 0. The fourth-order valence-electron chi connectivity index (χ4n) is 9.51. The highest BCUT2D eigenvalue weighted by Gasteiger charge is 2.63. The van der Waals surface area contributed by atoms with Crippen LogP contribution in [0.25, 0.3) is 0 Å². The summed E-state index contributed by atoms with van der Waals surface area (Å²) in [4.78, 5) is 11.8. The van der Waals surface area contributed by atoms with Crippen LogP contribution in [0.1, 0.15) is 106 Å². The molecule has 0 saturated heterocycles. The van der Waals surface area contributed by atoms with E-state index in [9.17, 15) is 9.90 Å². The van der Waals surface area contributed by atoms with Crippen LogP contribution in [0.2, 0.25) is 18.1 Å². The van der Waals surface area contributed by atoms with Crippen LogP contribution in [0.4, 0.5) is 0 Å². The summed E-state index contributed by atoms with van der Waals surface area (Å²) < 4.78 is 11.8. The maximum atomic E-state index is 11.8. The van der Waals surface area contributed by atoms with Crippen molar-refractivity contribution in [2.45, 2.75) is 136 Å². The summed E-state index contributed by atoms with van der Waals surface area (Å²) >= 11 is 0. The molecule has 0 aliphatic heterocycles. The first-order valence-corrected chi connectivity index (χ1v) is 18.0. The minimum Gasteiger partial charge on any atom is -0.469 e. The molecule has 0 amide bonds. The average molecular weight is 521 g/mol. The largest absolute Gasteiger partial charge is 0.469 e. The summed E-state index contributed by atoms with van der Waals surface area (Å²) in [5.41, 5.74) is 0.636. The van der Waals surface area contributed by atoms with Crippen molar-refractivity contribution in [3.8, 4) is 0 Å². The topological polar surface area (TPSA) is 55.8 Å². The Hall–Kier alpha value is -0.393. The zero-order valence-corrected chi connectivity index (χ0v) is 25.9. The van der Waals surface area contributed by atoms with Gasteiger partial charge in [-0.3, -0.25) is 4.79 Å². The van der Waals surface area contributed by atoms with Crippen molar-refractivity contribution in [3.63, 3.8) is 0 Å². The van der Waals surface area contributed by atoms with Gasteiger partial charge in [0.2, 0.25) is 0 Å². The van der Waals surface area contributed by atoms with Gasteiger partial charge in [-0.15, -0.1) is 0 Å². The Bertz CT molecular complexity index is 805. The Kier molecular flexibility index (Phi) is 7.93. The molecule has 0 bridgehead atoms. The Labute approximate surface area is 222 Å². The molecule has 4 saturated carbocycles. The number of hydrogen-bond donors (Lipinski definition) is 1. The van der Waals surface area contributed by atoms with Crippen molar-refractivity contribution in [2.75, 3.05) is 7.11 Å². The fourth-order valence-corrected chi connectivity index (χ4v) is 10.9. The van der Waals surface area contributed by atoms with E-state index in [1.165, 1.54) is 45.6 Å². The lowest BCUT2D eigenvalue weighted by molar-refractivity contribution is -0.173. The van der Waals surface area contributed by atoms with Crippen LogP contribution in [0.3, 0.4) is 0 Å². The first-order chi connectivity index (χ1) is 16.6. The van der Waals surface area contributed by atoms with E-state index in [4.69, 9.17) is 9.16 Å². The van der Waals surface area contributed by atoms with Gasteiger partial charge in [-0.25, -0.2) is 0 Å². The van der Waals surface area contributed by atoms with Crippen LogP contribution in [-0.4, -0.2) is 38.7 Å². The lowest BCUT2D eigenvalue weighted by Gasteiger charge is -2.63. The number of esters is 1. The van der Waals surface area contributed by atoms with Crippen LogP contribution in [-0.2, 0) is 14.0 Å². The Morgan fingerprint density at radius 2 is 1.67 bits per heavy atom. The third kappa shape index (κ3) is 4.88. The molecule has 4 fully saturated rings. The van der Waals surface area contributed by atoms with Gasteiger partial charge in [0.15, 0.2) is 8.32 Å². The predicted octanol–water partition coefficient (Wildman–Crippen LogP) is 7.60. The second kappa shape index (κ2) is 9.97. The highest BCUT2D eigenvalue weighted by molar-refractivity contribution is 6.74. The zero-order valence-electron chi connectivity index (χ0n) is 24.9. The number of methoxy groups -OCH3 is 1. The van der Waals surface area contributed by atoms with Crippen molar-refractivity contribution < 1.29 is 19.1 Å². The van der Waals surface area contributed by atoms with Gasteiger partial charge in [0, 0.05) is 12.5 Å². The summed E-state index contributed by atoms with van der Waals surface area (Å²) in [6.45, 7) is 19.3. The van der Waals surface area contributed by atoms with Gasteiger partial charge in [0.05, 0.1) is 13.2 Å². The van der Waals surface area contributed by atoms with Crippen LogP contribution in [0.5, 0.6) is 0 Å². The van der Waals surface area contributed by atoms with E-state index in [0.717, 1.165) is 19.3 Å². The maximum absolute atomic E-state index is 11.8. The summed E-state index contributed by atoms with van der Waals surface area (Å²) in [6.07, 6.45) is 11.2. The highest BCUT2D eigenvalue weighted by atomic mass is 28.4. The number of rotatable bonds is 6. The SMILES string of the molecule is COC(=O)CC[C@H](C)[C@H]1CC[C@H]2[C@@H]3[C@H](O)C[C@H]4C[C@H](O[Si](C)(C)C(C)(C)C)CC[C@]4(C)[C@H]3CC[C@]12C. The molecule has 0 aromatic rings. The van der Waals surface area contributed by atoms with Gasteiger partial charge >= 0.3 is 5.97 Å². The van der Waals surface area contributed by atoms with Gasteiger partial charge < -0.3 is 14.3 Å². The normalized spacial score (nSPS) is 43.8. The monoisotopic (exact) mass is 520 g/mol. The van der Waals surface area contributed by atoms with Gasteiger partial charge in [0.1, 0.15) is 0 Å². The van der Waals surface area contributed by atoms with Gasteiger partial charge in [-0.2, -0.15) is 0 Å². The molecule has 208 valence electrons. The molecule has 4 nitrogen and oxygen atoms in total. The zero-order chi connectivity index (χ0) is 26.7. The number of aliphatic hydroxyl groups is 1. The van der Waals surface area contributed by atoms with Crippen molar-refractivity contribution in [3.05, 3.63) is 0 Å². The van der Waals surface area contributed by atoms with Crippen LogP contribution in [0, 0.1) is 46.3 Å². The van der Waals surface area contributed by atoms with E-state index in [0.29, 0.717) is 58.9 Å². The molecule has 4 aliphatic rings. The van der Waals surface area contributed by atoms with Crippen molar-refractivity contribution in [2.24, 2.45) is 46.3 Å².